The summed E-state index contributed by atoms with van der Waals surface area (Å²) in [6.45, 7) is 12.7. The van der Waals surface area contributed by atoms with E-state index in [4.69, 9.17) is 4.52 Å². The highest BCUT2D eigenvalue weighted by atomic mass is 31.2. The summed E-state index contributed by atoms with van der Waals surface area (Å²) in [7, 11) is -2.70. The van der Waals surface area contributed by atoms with Crippen LogP contribution in [0, 0.1) is 6.92 Å². The summed E-state index contributed by atoms with van der Waals surface area (Å²) >= 11 is 0. The summed E-state index contributed by atoms with van der Waals surface area (Å²) in [4.78, 5) is 48.1. The number of likely N-dealkylation sites (N-methyl/N-ethyl adjacent to an activating group) is 1. The van der Waals surface area contributed by atoms with Crippen molar-refractivity contribution in [2.75, 3.05) is 50.4 Å². The lowest BCUT2D eigenvalue weighted by molar-refractivity contribution is -0.926. The zero-order chi connectivity index (χ0) is 40.8. The summed E-state index contributed by atoms with van der Waals surface area (Å²) in [6, 6.07) is 24.0. The van der Waals surface area contributed by atoms with E-state index in [9.17, 15) is 24.3 Å². The molecule has 0 aliphatic carbocycles. The molecule has 6 N–H and O–H groups in total. The molecule has 1 aliphatic heterocycles. The maximum Gasteiger partial charge on any atom is 0.524 e. The number of pyridine rings is 1. The van der Waals surface area contributed by atoms with Crippen LogP contribution in [0.3, 0.4) is 0 Å². The summed E-state index contributed by atoms with van der Waals surface area (Å²) in [5.41, 5.74) is 6.63. The van der Waals surface area contributed by atoms with Crippen LogP contribution in [0.1, 0.15) is 59.5 Å². The molecule has 2 aromatic heterocycles. The third kappa shape index (κ3) is 12.0. The molecule has 6 rings (SSSR count). The standard InChI is InChI=1S/C42H51N8O6P/c1-29-8-15-35(24-37(29)48-41-44-18-16-36(47-41)33-7-6-17-43-25-33)46-40(52)31-11-9-30(10-12-31)27-49-19-21-50(5,22-20-49)28-34-14-13-32(23-39(34)56-57(53,54)55)38(51)26-45-42(2,3)4/h6-18,23-25,38,45,51H,19-22,26-28H2,1-5H3,(H3-,44,46,47,48,52,53,54,55)/p+1. The van der Waals surface area contributed by atoms with Crippen LogP contribution in [0.15, 0.2) is 97.5 Å². The number of nitrogens with zero attached hydrogens (tertiary/aromatic N) is 5. The van der Waals surface area contributed by atoms with Crippen molar-refractivity contribution in [3.05, 3.63) is 125 Å². The highest BCUT2D eigenvalue weighted by molar-refractivity contribution is 7.46. The number of nitrogens with one attached hydrogen (secondary N) is 3. The second-order valence-electron chi connectivity index (χ2n) is 15.9. The van der Waals surface area contributed by atoms with Crippen molar-refractivity contribution in [1.82, 2.24) is 25.2 Å². The van der Waals surface area contributed by atoms with Gasteiger partial charge in [0.15, 0.2) is 0 Å². The van der Waals surface area contributed by atoms with Crippen LogP contribution in [0.4, 0.5) is 17.3 Å². The predicted octanol–water partition coefficient (Wildman–Crippen LogP) is 6.20. The third-order valence-electron chi connectivity index (χ3n) is 9.96. The van der Waals surface area contributed by atoms with Gasteiger partial charge in [0.05, 0.1) is 31.9 Å². The topological polar surface area (TPSA) is 182 Å². The molecule has 0 spiro atoms. The maximum absolute atomic E-state index is 13.3. The Morgan fingerprint density at radius 2 is 1.75 bits per heavy atom. The average molecular weight is 796 g/mol. The van der Waals surface area contributed by atoms with Gasteiger partial charge in [-0.3, -0.25) is 24.5 Å². The molecule has 1 amide bonds. The van der Waals surface area contributed by atoms with E-state index < -0.39 is 13.9 Å². The molecule has 1 saturated heterocycles. The monoisotopic (exact) mass is 795 g/mol. The number of β-amino-alcohol motifs (C(OH)–C–C–N with tert-alkyl or cyclic N) is 1. The Hall–Kier alpha value is -5.05. The van der Waals surface area contributed by atoms with Gasteiger partial charge in [-0.1, -0.05) is 24.3 Å². The largest absolute Gasteiger partial charge is 0.524 e. The number of phosphoric acid groups is 1. The van der Waals surface area contributed by atoms with E-state index in [0.29, 0.717) is 39.4 Å². The van der Waals surface area contributed by atoms with Gasteiger partial charge in [-0.2, -0.15) is 0 Å². The number of carbonyl (C=O) groups excluding carboxylic acids is 1. The number of hydrogen-bond donors (Lipinski definition) is 6. The van der Waals surface area contributed by atoms with Crippen LogP contribution in [-0.4, -0.2) is 90.4 Å². The number of aryl methyl sites for hydroxylation is 1. The molecule has 0 saturated carbocycles. The van der Waals surface area contributed by atoms with Gasteiger partial charge in [-0.15, -0.1) is 0 Å². The van der Waals surface area contributed by atoms with Crippen LogP contribution >= 0.6 is 7.82 Å². The molecule has 0 bridgehead atoms. The Morgan fingerprint density at radius 1 is 1.00 bits per heavy atom. The molecule has 300 valence electrons. The van der Waals surface area contributed by atoms with Crippen molar-refractivity contribution in [2.45, 2.75) is 52.4 Å². The summed E-state index contributed by atoms with van der Waals surface area (Å²) in [5, 5.41) is 20.3. The van der Waals surface area contributed by atoms with Crippen LogP contribution in [0.5, 0.6) is 5.75 Å². The minimum atomic E-state index is -4.83. The van der Waals surface area contributed by atoms with E-state index >= 15 is 0 Å². The Balaban J connectivity index is 1.03. The molecule has 14 nitrogen and oxygen atoms in total. The van der Waals surface area contributed by atoms with Crippen molar-refractivity contribution in [3.63, 3.8) is 0 Å². The minimum Gasteiger partial charge on any atom is -0.404 e. The summed E-state index contributed by atoms with van der Waals surface area (Å²) < 4.78 is 17.7. The predicted molar refractivity (Wildman–Crippen MR) is 221 cm³/mol. The minimum absolute atomic E-state index is 0.0820. The number of benzene rings is 3. The van der Waals surface area contributed by atoms with Gasteiger partial charge in [0.25, 0.3) is 5.91 Å². The molecule has 1 fully saturated rings. The van der Waals surface area contributed by atoms with Gasteiger partial charge in [0, 0.05) is 78.4 Å². The number of phosphoric ester groups is 1. The summed E-state index contributed by atoms with van der Waals surface area (Å²) in [5.74, 6) is 0.298. The molecular formula is C42H52N8O6P+. The number of quaternary nitrogens is 1. The Bertz CT molecular complexity index is 2200. The van der Waals surface area contributed by atoms with Gasteiger partial charge in [0.2, 0.25) is 5.95 Å². The molecule has 0 radical (unpaired) electrons. The zero-order valence-corrected chi connectivity index (χ0v) is 33.9. The first-order valence-corrected chi connectivity index (χ1v) is 20.4. The lowest BCUT2D eigenvalue weighted by Crippen LogP contribution is -2.56. The SMILES string of the molecule is Cc1ccc(NC(=O)c2ccc(CN3CC[N+](C)(Cc4ccc(C(O)CNC(C)(C)C)cc4OP(=O)(O)O)CC3)cc2)cc1Nc1nccc(-c2cccnc2)n1. The van der Waals surface area contributed by atoms with Crippen LogP contribution < -0.4 is 20.5 Å². The van der Waals surface area contributed by atoms with Crippen molar-refractivity contribution in [3.8, 4) is 17.0 Å². The van der Waals surface area contributed by atoms with Gasteiger partial charge in [-0.05, 0) is 99.0 Å². The van der Waals surface area contributed by atoms with Crippen LogP contribution in [0.2, 0.25) is 0 Å². The fourth-order valence-corrected chi connectivity index (χ4v) is 7.06. The van der Waals surface area contributed by atoms with E-state index in [2.05, 4.69) is 42.8 Å². The first-order chi connectivity index (χ1) is 27.0. The van der Waals surface area contributed by atoms with Gasteiger partial charge in [-0.25, -0.2) is 14.5 Å². The van der Waals surface area contributed by atoms with Crippen molar-refractivity contribution >= 4 is 31.1 Å². The first kappa shape index (κ1) is 41.6. The van der Waals surface area contributed by atoms with Crippen LogP contribution in [0.25, 0.3) is 11.3 Å². The lowest BCUT2D eigenvalue weighted by Gasteiger charge is -2.42. The molecular weight excluding hydrogens is 743 g/mol. The number of aliphatic hydroxyl groups is 1. The average Bonchev–Trinajstić information content (AvgIpc) is 3.17. The third-order valence-corrected chi connectivity index (χ3v) is 10.4. The molecule has 57 heavy (non-hydrogen) atoms. The molecule has 1 unspecified atom stereocenters. The van der Waals surface area contributed by atoms with Crippen LogP contribution in [-0.2, 0) is 17.7 Å². The van der Waals surface area contributed by atoms with Crippen molar-refractivity contribution in [2.24, 2.45) is 0 Å². The number of anilines is 3. The molecule has 1 atom stereocenters. The number of rotatable bonds is 14. The molecule has 15 heteroatoms. The van der Waals surface area contributed by atoms with Gasteiger partial charge < -0.3 is 30.1 Å². The molecule has 5 aromatic rings. The number of aliphatic hydroxyl groups excluding tert-OH is 1. The van der Waals surface area contributed by atoms with E-state index in [1.165, 1.54) is 6.07 Å². The zero-order valence-electron chi connectivity index (χ0n) is 33.0. The van der Waals surface area contributed by atoms with Gasteiger partial charge in [0.1, 0.15) is 12.3 Å². The number of hydrogen-bond acceptors (Lipinski definition) is 10. The smallest absolute Gasteiger partial charge is 0.404 e. The lowest BCUT2D eigenvalue weighted by atomic mass is 10.0. The maximum atomic E-state index is 13.3. The Morgan fingerprint density at radius 3 is 2.44 bits per heavy atom. The summed E-state index contributed by atoms with van der Waals surface area (Å²) in [6.07, 6.45) is 4.29. The Labute approximate surface area is 333 Å². The van der Waals surface area contributed by atoms with E-state index in [1.807, 2.05) is 88.4 Å². The first-order valence-electron chi connectivity index (χ1n) is 18.9. The number of amides is 1. The molecule has 3 heterocycles. The van der Waals surface area contributed by atoms with Crippen molar-refractivity contribution < 1.29 is 33.3 Å². The van der Waals surface area contributed by atoms with Crippen molar-refractivity contribution in [1.29, 1.82) is 0 Å². The highest BCUT2D eigenvalue weighted by Crippen LogP contribution is 2.41. The highest BCUT2D eigenvalue weighted by Gasteiger charge is 2.31. The quantitative estimate of drug-likeness (QED) is 0.0554. The van der Waals surface area contributed by atoms with E-state index in [1.54, 1.807) is 30.7 Å². The number of aromatic nitrogens is 3. The van der Waals surface area contributed by atoms with Gasteiger partial charge >= 0.3 is 7.82 Å². The van der Waals surface area contributed by atoms with E-state index in [0.717, 1.165) is 60.8 Å². The fourth-order valence-electron chi connectivity index (χ4n) is 6.63. The number of piperazine rings is 1. The second-order valence-corrected chi connectivity index (χ2v) is 17.1. The van der Waals surface area contributed by atoms with E-state index in [-0.39, 0.29) is 23.7 Å². The fraction of sp³-hybridized carbons (Fsp3) is 0.333. The Kier molecular flexibility index (Phi) is 12.8. The molecule has 3 aromatic carbocycles. The normalized spacial score (nSPS) is 15.2. The molecule has 1 aliphatic rings. The second kappa shape index (κ2) is 17.6. The number of carbonyl (C=O) groups is 1.